The Bertz CT molecular complexity index is 609. The number of amides is 1. The number of nitrogens with one attached hydrogen (secondary N) is 1. The fraction of sp³-hybridized carbons (Fsp3) is 0.235. The van der Waals surface area contributed by atoms with E-state index in [-0.39, 0.29) is 5.91 Å². The van der Waals surface area contributed by atoms with Crippen LogP contribution in [0.1, 0.15) is 42.1 Å². The Balaban J connectivity index is 2.24. The molecule has 0 saturated carbocycles. The van der Waals surface area contributed by atoms with E-state index in [0.29, 0.717) is 11.5 Å². The molecule has 2 rings (SSSR count). The normalized spacial score (nSPS) is 11.9. The minimum atomic E-state index is -0.0814. The molecule has 20 heavy (non-hydrogen) atoms. The van der Waals surface area contributed by atoms with E-state index in [4.69, 9.17) is 0 Å². The van der Waals surface area contributed by atoms with Gasteiger partial charge < -0.3 is 5.32 Å². The van der Waals surface area contributed by atoms with Crippen LogP contribution in [-0.2, 0) is 0 Å². The lowest BCUT2D eigenvalue weighted by molar-refractivity contribution is 0.102. The van der Waals surface area contributed by atoms with E-state index in [2.05, 4.69) is 41.2 Å². The molecule has 0 aromatic heterocycles. The minimum Gasteiger partial charge on any atom is -0.322 e. The molecule has 0 heterocycles. The van der Waals surface area contributed by atoms with Gasteiger partial charge in [-0.05, 0) is 42.2 Å². The molecule has 1 atom stereocenters. The van der Waals surface area contributed by atoms with Gasteiger partial charge in [-0.1, -0.05) is 54.0 Å². The molecular weight excluding hydrogens is 314 g/mol. The highest BCUT2D eigenvalue weighted by Crippen LogP contribution is 2.27. The monoisotopic (exact) mass is 331 g/mol. The van der Waals surface area contributed by atoms with Gasteiger partial charge in [-0.2, -0.15) is 0 Å². The van der Waals surface area contributed by atoms with Crippen molar-refractivity contribution in [3.63, 3.8) is 0 Å². The molecule has 1 amide bonds. The van der Waals surface area contributed by atoms with E-state index in [1.165, 1.54) is 5.56 Å². The first-order chi connectivity index (χ1) is 9.61. The summed E-state index contributed by atoms with van der Waals surface area (Å²) in [5.41, 5.74) is 2.73. The first kappa shape index (κ1) is 14.8. The smallest absolute Gasteiger partial charge is 0.255 e. The highest BCUT2D eigenvalue weighted by atomic mass is 79.9. The lowest BCUT2D eigenvalue weighted by Crippen LogP contribution is -2.13. The van der Waals surface area contributed by atoms with Crippen molar-refractivity contribution in [1.29, 1.82) is 0 Å². The van der Waals surface area contributed by atoms with Crippen LogP contribution in [0.3, 0.4) is 0 Å². The molecule has 2 aromatic carbocycles. The predicted octanol–water partition coefficient (Wildman–Crippen LogP) is 5.21. The largest absolute Gasteiger partial charge is 0.322 e. The van der Waals surface area contributed by atoms with E-state index in [9.17, 15) is 4.79 Å². The maximum Gasteiger partial charge on any atom is 0.255 e. The standard InChI is InChI=1S/C17H18BrNO/c1-3-12(2)15-9-4-5-10-16(15)19-17(20)13-7-6-8-14(18)11-13/h4-12H,3H2,1-2H3,(H,19,20)/t12-/m0/s1. The number of carbonyl (C=O) groups is 1. The number of hydrogen-bond acceptors (Lipinski definition) is 1. The molecule has 0 aliphatic carbocycles. The van der Waals surface area contributed by atoms with Crippen molar-refractivity contribution < 1.29 is 4.79 Å². The fourth-order valence-corrected chi connectivity index (χ4v) is 2.48. The van der Waals surface area contributed by atoms with Crippen LogP contribution in [0.15, 0.2) is 53.0 Å². The topological polar surface area (TPSA) is 29.1 Å². The SMILES string of the molecule is CC[C@H](C)c1ccccc1NC(=O)c1cccc(Br)c1. The summed E-state index contributed by atoms with van der Waals surface area (Å²) < 4.78 is 0.903. The van der Waals surface area contributed by atoms with Crippen molar-refractivity contribution in [1.82, 2.24) is 0 Å². The number of anilines is 1. The number of para-hydroxylation sites is 1. The molecule has 0 fully saturated rings. The zero-order valence-corrected chi connectivity index (χ0v) is 13.3. The first-order valence-electron chi connectivity index (χ1n) is 6.77. The summed E-state index contributed by atoms with van der Waals surface area (Å²) in [4.78, 5) is 12.3. The van der Waals surface area contributed by atoms with E-state index >= 15 is 0 Å². The minimum absolute atomic E-state index is 0.0814. The van der Waals surface area contributed by atoms with Crippen LogP contribution in [0.4, 0.5) is 5.69 Å². The van der Waals surface area contributed by atoms with Gasteiger partial charge in [-0.15, -0.1) is 0 Å². The lowest BCUT2D eigenvalue weighted by atomic mass is 9.97. The molecule has 104 valence electrons. The van der Waals surface area contributed by atoms with E-state index in [0.717, 1.165) is 16.6 Å². The van der Waals surface area contributed by atoms with Crippen molar-refractivity contribution in [3.05, 3.63) is 64.1 Å². The quantitative estimate of drug-likeness (QED) is 0.818. The summed E-state index contributed by atoms with van der Waals surface area (Å²) in [6.07, 6.45) is 1.05. The van der Waals surface area contributed by atoms with E-state index in [1.54, 1.807) is 0 Å². The molecule has 0 spiro atoms. The third kappa shape index (κ3) is 3.48. The second-order valence-electron chi connectivity index (χ2n) is 4.86. The molecule has 2 nitrogen and oxygen atoms in total. The van der Waals surface area contributed by atoms with Gasteiger partial charge in [-0.3, -0.25) is 4.79 Å². The molecular formula is C17H18BrNO. The maximum atomic E-state index is 12.3. The Labute approximate surface area is 128 Å². The van der Waals surface area contributed by atoms with Crippen LogP contribution >= 0.6 is 15.9 Å². The first-order valence-corrected chi connectivity index (χ1v) is 7.57. The highest BCUT2D eigenvalue weighted by molar-refractivity contribution is 9.10. The maximum absolute atomic E-state index is 12.3. The van der Waals surface area contributed by atoms with Gasteiger partial charge in [0.2, 0.25) is 0 Å². The van der Waals surface area contributed by atoms with Crippen molar-refractivity contribution in [2.24, 2.45) is 0 Å². The Kier molecular flexibility index (Phi) is 4.96. The zero-order valence-electron chi connectivity index (χ0n) is 11.7. The van der Waals surface area contributed by atoms with Crippen LogP contribution < -0.4 is 5.32 Å². The molecule has 0 saturated heterocycles. The third-order valence-electron chi connectivity index (χ3n) is 3.44. The molecule has 1 N–H and O–H groups in total. The number of rotatable bonds is 4. The average Bonchev–Trinajstić information content (AvgIpc) is 2.47. The lowest BCUT2D eigenvalue weighted by Gasteiger charge is -2.15. The summed E-state index contributed by atoms with van der Waals surface area (Å²) in [5, 5.41) is 3.01. The van der Waals surface area contributed by atoms with Crippen molar-refractivity contribution in [2.45, 2.75) is 26.2 Å². The Morgan fingerprint density at radius 1 is 1.20 bits per heavy atom. The van der Waals surface area contributed by atoms with Crippen LogP contribution in [0.25, 0.3) is 0 Å². The Morgan fingerprint density at radius 2 is 1.95 bits per heavy atom. The number of carbonyl (C=O) groups excluding carboxylic acids is 1. The van der Waals surface area contributed by atoms with Gasteiger partial charge in [0.1, 0.15) is 0 Å². The number of hydrogen-bond donors (Lipinski definition) is 1. The molecule has 0 unspecified atom stereocenters. The number of benzene rings is 2. The summed E-state index contributed by atoms with van der Waals surface area (Å²) >= 11 is 3.38. The fourth-order valence-electron chi connectivity index (χ4n) is 2.08. The zero-order chi connectivity index (χ0) is 14.5. The molecule has 0 bridgehead atoms. The van der Waals surface area contributed by atoms with Crippen molar-refractivity contribution in [2.75, 3.05) is 5.32 Å². The summed E-state index contributed by atoms with van der Waals surface area (Å²) in [6, 6.07) is 15.4. The summed E-state index contributed by atoms with van der Waals surface area (Å²) in [5.74, 6) is 0.344. The molecule has 0 aliphatic rings. The summed E-state index contributed by atoms with van der Waals surface area (Å²) in [7, 11) is 0. The molecule has 0 radical (unpaired) electrons. The van der Waals surface area contributed by atoms with Gasteiger partial charge in [0.25, 0.3) is 5.91 Å². The predicted molar refractivity (Wildman–Crippen MR) is 87.2 cm³/mol. The number of halogens is 1. The molecule has 0 aliphatic heterocycles. The van der Waals surface area contributed by atoms with Crippen LogP contribution in [0.5, 0.6) is 0 Å². The van der Waals surface area contributed by atoms with E-state index < -0.39 is 0 Å². The van der Waals surface area contributed by atoms with Crippen molar-refractivity contribution >= 4 is 27.5 Å². The van der Waals surface area contributed by atoms with Gasteiger partial charge in [-0.25, -0.2) is 0 Å². The van der Waals surface area contributed by atoms with Crippen LogP contribution in [-0.4, -0.2) is 5.91 Å². The van der Waals surface area contributed by atoms with Gasteiger partial charge in [0, 0.05) is 15.7 Å². The molecule has 2 aromatic rings. The average molecular weight is 332 g/mol. The molecule has 3 heteroatoms. The van der Waals surface area contributed by atoms with E-state index in [1.807, 2.05) is 42.5 Å². The Hall–Kier alpha value is -1.61. The van der Waals surface area contributed by atoms with Gasteiger partial charge >= 0.3 is 0 Å². The van der Waals surface area contributed by atoms with Gasteiger partial charge in [0.05, 0.1) is 0 Å². The second-order valence-corrected chi connectivity index (χ2v) is 5.78. The van der Waals surface area contributed by atoms with Gasteiger partial charge in [0.15, 0.2) is 0 Å². The summed E-state index contributed by atoms with van der Waals surface area (Å²) in [6.45, 7) is 4.32. The van der Waals surface area contributed by atoms with Crippen LogP contribution in [0.2, 0.25) is 0 Å². The van der Waals surface area contributed by atoms with Crippen LogP contribution in [0, 0.1) is 0 Å². The third-order valence-corrected chi connectivity index (χ3v) is 3.93. The highest BCUT2D eigenvalue weighted by Gasteiger charge is 2.12. The Morgan fingerprint density at radius 3 is 2.65 bits per heavy atom. The van der Waals surface area contributed by atoms with Crippen molar-refractivity contribution in [3.8, 4) is 0 Å². The second kappa shape index (κ2) is 6.71.